The molecule has 1 saturated heterocycles. The van der Waals surface area contributed by atoms with Crippen LogP contribution in [0.2, 0.25) is 0 Å². The number of nitrogens with zero attached hydrogens (tertiary/aromatic N) is 1. The molecule has 0 spiro atoms. The van der Waals surface area contributed by atoms with Crippen LogP contribution in [0, 0.1) is 0 Å². The highest BCUT2D eigenvalue weighted by Gasteiger charge is 2.28. The minimum Gasteiger partial charge on any atom is -0.399 e. The van der Waals surface area contributed by atoms with E-state index in [4.69, 9.17) is 5.73 Å². The normalized spacial score (nSPS) is 15.8. The second kappa shape index (κ2) is 9.40. The highest BCUT2D eigenvalue weighted by Crippen LogP contribution is 2.24. The smallest absolute Gasteiger partial charge is 0.230 e. The van der Waals surface area contributed by atoms with E-state index in [0.717, 1.165) is 30.4 Å². The number of piperidine rings is 1. The Kier molecular flexibility index (Phi) is 6.69. The van der Waals surface area contributed by atoms with Gasteiger partial charge in [0.05, 0.1) is 12.3 Å². The second-order valence-electron chi connectivity index (χ2n) is 7.46. The molecule has 5 heteroatoms. The van der Waals surface area contributed by atoms with Crippen LogP contribution < -0.4 is 11.1 Å². The molecule has 0 radical (unpaired) electrons. The minimum atomic E-state index is -0.0853. The van der Waals surface area contributed by atoms with Crippen molar-refractivity contribution in [1.82, 2.24) is 10.2 Å². The number of nitrogen functional groups attached to an aromatic ring is 1. The van der Waals surface area contributed by atoms with Gasteiger partial charge in [-0.15, -0.1) is 0 Å². The summed E-state index contributed by atoms with van der Waals surface area (Å²) in [7, 11) is 0. The summed E-state index contributed by atoms with van der Waals surface area (Å²) < 4.78 is 0. The van der Waals surface area contributed by atoms with E-state index in [-0.39, 0.29) is 23.8 Å². The number of hydrogen-bond acceptors (Lipinski definition) is 3. The number of nitrogens with two attached hydrogens (primary N) is 1. The summed E-state index contributed by atoms with van der Waals surface area (Å²) in [5.41, 5.74) is 8.41. The Hall–Kier alpha value is -2.82. The predicted octanol–water partition coefficient (Wildman–Crippen LogP) is 3.11. The first kappa shape index (κ1) is 19.9. The van der Waals surface area contributed by atoms with Gasteiger partial charge >= 0.3 is 0 Å². The van der Waals surface area contributed by atoms with E-state index in [0.29, 0.717) is 25.2 Å². The van der Waals surface area contributed by atoms with E-state index < -0.39 is 0 Å². The number of likely N-dealkylation sites (tertiary alicyclic amines) is 1. The quantitative estimate of drug-likeness (QED) is 0.757. The topological polar surface area (TPSA) is 75.4 Å². The molecule has 1 heterocycles. The molecule has 0 bridgehead atoms. The average molecular weight is 380 g/mol. The summed E-state index contributed by atoms with van der Waals surface area (Å²) >= 11 is 0. The molecule has 1 unspecified atom stereocenters. The van der Waals surface area contributed by atoms with Gasteiger partial charge in [0, 0.05) is 24.8 Å². The number of anilines is 1. The fourth-order valence-electron chi connectivity index (χ4n) is 3.80. The fraction of sp³-hybridized carbons (Fsp3) is 0.391. The average Bonchev–Trinajstić information content (AvgIpc) is 2.71. The lowest BCUT2D eigenvalue weighted by atomic mass is 9.93. The Morgan fingerprint density at radius 2 is 1.71 bits per heavy atom. The number of carbonyl (C=O) groups excluding carboxylic acids is 2. The zero-order chi connectivity index (χ0) is 19.9. The molecule has 2 amide bonds. The van der Waals surface area contributed by atoms with Crippen LogP contribution in [0.1, 0.15) is 43.2 Å². The third-order valence-electron chi connectivity index (χ3n) is 5.42. The highest BCUT2D eigenvalue weighted by atomic mass is 16.2. The predicted molar refractivity (Wildman–Crippen MR) is 112 cm³/mol. The lowest BCUT2D eigenvalue weighted by molar-refractivity contribution is -0.134. The molecule has 3 N–H and O–H groups in total. The summed E-state index contributed by atoms with van der Waals surface area (Å²) in [6.45, 7) is 3.43. The van der Waals surface area contributed by atoms with Crippen LogP contribution in [0.3, 0.4) is 0 Å². The number of carbonyl (C=O) groups is 2. The van der Waals surface area contributed by atoms with Crippen molar-refractivity contribution in [2.45, 2.75) is 44.6 Å². The van der Waals surface area contributed by atoms with Crippen LogP contribution in [-0.2, 0) is 16.0 Å². The van der Waals surface area contributed by atoms with Crippen molar-refractivity contribution < 1.29 is 9.59 Å². The molecular formula is C23H29N3O2. The van der Waals surface area contributed by atoms with Crippen molar-refractivity contribution in [2.24, 2.45) is 0 Å². The molecule has 0 aromatic heterocycles. The van der Waals surface area contributed by atoms with E-state index in [1.54, 1.807) is 0 Å². The first-order chi connectivity index (χ1) is 13.6. The van der Waals surface area contributed by atoms with Crippen molar-refractivity contribution in [3.63, 3.8) is 0 Å². The Morgan fingerprint density at radius 3 is 2.32 bits per heavy atom. The number of rotatable bonds is 6. The van der Waals surface area contributed by atoms with Crippen LogP contribution in [0.4, 0.5) is 5.69 Å². The molecule has 0 saturated carbocycles. The van der Waals surface area contributed by atoms with E-state index in [1.165, 1.54) is 0 Å². The highest BCUT2D eigenvalue weighted by molar-refractivity contribution is 5.84. The lowest BCUT2D eigenvalue weighted by Gasteiger charge is -2.34. The summed E-state index contributed by atoms with van der Waals surface area (Å²) in [4.78, 5) is 27.2. The van der Waals surface area contributed by atoms with E-state index in [2.05, 4.69) is 12.2 Å². The molecule has 0 aliphatic carbocycles. The molecule has 2 aromatic rings. The molecular weight excluding hydrogens is 350 g/mol. The minimum absolute atomic E-state index is 0.0188. The Labute approximate surface area is 166 Å². The maximum Gasteiger partial charge on any atom is 0.230 e. The molecule has 1 atom stereocenters. The van der Waals surface area contributed by atoms with Crippen LogP contribution in [0.5, 0.6) is 0 Å². The monoisotopic (exact) mass is 379 g/mol. The Balaban J connectivity index is 1.49. The van der Waals surface area contributed by atoms with Gasteiger partial charge in [0.1, 0.15) is 0 Å². The van der Waals surface area contributed by atoms with Gasteiger partial charge in [-0.25, -0.2) is 0 Å². The summed E-state index contributed by atoms with van der Waals surface area (Å²) in [6, 6.07) is 17.5. The van der Waals surface area contributed by atoms with E-state index >= 15 is 0 Å². The van der Waals surface area contributed by atoms with Crippen molar-refractivity contribution in [3.05, 3.63) is 65.7 Å². The first-order valence-electron chi connectivity index (χ1n) is 10.0. The zero-order valence-electron chi connectivity index (χ0n) is 16.4. The van der Waals surface area contributed by atoms with Gasteiger partial charge < -0.3 is 16.0 Å². The van der Waals surface area contributed by atoms with E-state index in [1.807, 2.05) is 59.5 Å². The number of amides is 2. The van der Waals surface area contributed by atoms with Crippen molar-refractivity contribution in [1.29, 1.82) is 0 Å². The first-order valence-corrected chi connectivity index (χ1v) is 10.0. The van der Waals surface area contributed by atoms with Crippen molar-refractivity contribution in [3.8, 4) is 0 Å². The zero-order valence-corrected chi connectivity index (χ0v) is 16.4. The van der Waals surface area contributed by atoms with Crippen molar-refractivity contribution >= 4 is 17.5 Å². The van der Waals surface area contributed by atoms with Gasteiger partial charge in [-0.2, -0.15) is 0 Å². The van der Waals surface area contributed by atoms with Gasteiger partial charge in [-0.1, -0.05) is 49.4 Å². The summed E-state index contributed by atoms with van der Waals surface area (Å²) in [5.74, 6) is 0.128. The van der Waals surface area contributed by atoms with Crippen LogP contribution in [0.15, 0.2) is 54.6 Å². The third-order valence-corrected chi connectivity index (χ3v) is 5.42. The number of nitrogens with one attached hydrogen (secondary N) is 1. The second-order valence-corrected chi connectivity index (χ2v) is 7.46. The van der Waals surface area contributed by atoms with Gasteiger partial charge in [-0.3, -0.25) is 9.59 Å². The summed E-state index contributed by atoms with van der Waals surface area (Å²) in [6.07, 6.45) is 2.74. The van der Waals surface area contributed by atoms with Crippen LogP contribution in [-0.4, -0.2) is 35.8 Å². The SMILES string of the molecule is CCC(C(=O)N1CCC(NC(=O)Cc2ccc(N)cc2)CC1)c1ccccc1. The molecule has 28 heavy (non-hydrogen) atoms. The van der Waals surface area contributed by atoms with Gasteiger partial charge in [0.2, 0.25) is 11.8 Å². The standard InChI is InChI=1S/C23H29N3O2/c1-2-21(18-6-4-3-5-7-18)23(28)26-14-12-20(13-15-26)25-22(27)16-17-8-10-19(24)11-9-17/h3-11,20-21H,2,12-16,24H2,1H3,(H,25,27). The van der Waals surface area contributed by atoms with Gasteiger partial charge in [-0.05, 0) is 42.5 Å². The third kappa shape index (κ3) is 5.12. The number of hydrogen-bond donors (Lipinski definition) is 2. The molecule has 1 fully saturated rings. The van der Waals surface area contributed by atoms with Gasteiger partial charge in [0.25, 0.3) is 0 Å². The number of benzene rings is 2. The molecule has 1 aliphatic rings. The molecule has 2 aromatic carbocycles. The molecule has 3 rings (SSSR count). The Morgan fingerprint density at radius 1 is 1.07 bits per heavy atom. The maximum atomic E-state index is 13.0. The van der Waals surface area contributed by atoms with Gasteiger partial charge in [0.15, 0.2) is 0 Å². The molecule has 148 valence electrons. The Bertz CT molecular complexity index is 781. The van der Waals surface area contributed by atoms with Crippen molar-refractivity contribution in [2.75, 3.05) is 18.8 Å². The maximum absolute atomic E-state index is 13.0. The lowest BCUT2D eigenvalue weighted by Crippen LogP contribution is -2.48. The molecule has 5 nitrogen and oxygen atoms in total. The molecule has 1 aliphatic heterocycles. The van der Waals surface area contributed by atoms with Crippen LogP contribution >= 0.6 is 0 Å². The van der Waals surface area contributed by atoms with E-state index in [9.17, 15) is 9.59 Å². The van der Waals surface area contributed by atoms with Crippen LogP contribution in [0.25, 0.3) is 0 Å². The largest absolute Gasteiger partial charge is 0.399 e. The fourth-order valence-corrected chi connectivity index (χ4v) is 3.80. The summed E-state index contributed by atoms with van der Waals surface area (Å²) in [5, 5.41) is 3.11.